The van der Waals surface area contributed by atoms with E-state index in [0.29, 0.717) is 0 Å². The fraction of sp³-hybridized carbons (Fsp3) is 0.0909. The van der Waals surface area contributed by atoms with E-state index in [4.69, 9.17) is 11.5 Å². The Morgan fingerprint density at radius 2 is 1.14 bits per heavy atom. The molecule has 4 nitrogen and oxygen atoms in total. The van der Waals surface area contributed by atoms with Crippen molar-refractivity contribution in [3.8, 4) is 0 Å². The molecule has 0 aliphatic rings. The first-order valence-electron chi connectivity index (χ1n) is 8.74. The van der Waals surface area contributed by atoms with Crippen LogP contribution in [0.1, 0.15) is 23.2 Å². The van der Waals surface area contributed by atoms with Crippen molar-refractivity contribution in [3.63, 3.8) is 0 Å². The molecule has 2 unspecified atom stereocenters. The number of rotatable bonds is 4. The van der Waals surface area contributed by atoms with Crippen LogP contribution in [0.2, 0.25) is 0 Å². The molecule has 0 amide bonds. The van der Waals surface area contributed by atoms with Gasteiger partial charge in [0.05, 0.1) is 0 Å². The topological polar surface area (TPSA) is 83.6 Å². The number of benzene rings is 2. The van der Waals surface area contributed by atoms with Crippen molar-refractivity contribution in [1.29, 1.82) is 0 Å². The maximum atomic E-state index is 13.0. The predicted octanol–water partition coefficient (Wildman–Crippen LogP) is 4.99. The highest BCUT2D eigenvalue weighted by Crippen LogP contribution is 2.25. The molecule has 2 heterocycles. The lowest BCUT2D eigenvalue weighted by atomic mass is 10.1. The summed E-state index contributed by atoms with van der Waals surface area (Å²) in [6.45, 7) is 7.23. The number of hydrogen-bond donors (Lipinski definition) is 4. The summed E-state index contributed by atoms with van der Waals surface area (Å²) < 4.78 is 26.0. The van der Waals surface area contributed by atoms with E-state index < -0.39 is 0 Å². The SMILES string of the molecule is C=CC(N)c1c[nH]c2ccc(F)cc12.C=CC(N)c1c[nH]c2ccc(F)cc12. The van der Waals surface area contributed by atoms with E-state index in [1.54, 1.807) is 36.7 Å². The summed E-state index contributed by atoms with van der Waals surface area (Å²) in [4.78, 5) is 6.07. The minimum atomic E-state index is -0.259. The lowest BCUT2D eigenvalue weighted by molar-refractivity contribution is 0.629. The Balaban J connectivity index is 0.000000161. The number of nitrogens with two attached hydrogens (primary N) is 2. The van der Waals surface area contributed by atoms with Crippen molar-refractivity contribution >= 4 is 21.8 Å². The number of halogens is 2. The van der Waals surface area contributed by atoms with Crippen LogP contribution in [0.5, 0.6) is 0 Å². The first-order valence-corrected chi connectivity index (χ1v) is 8.74. The zero-order valence-corrected chi connectivity index (χ0v) is 15.3. The average Bonchev–Trinajstić information content (AvgIpc) is 3.30. The zero-order chi connectivity index (χ0) is 20.3. The Kier molecular flexibility index (Phi) is 5.73. The molecular formula is C22H22F2N4. The Morgan fingerprint density at radius 1 is 0.750 bits per heavy atom. The maximum absolute atomic E-state index is 13.0. The molecule has 0 spiro atoms. The molecule has 28 heavy (non-hydrogen) atoms. The van der Waals surface area contributed by atoms with Crippen LogP contribution in [0, 0.1) is 11.6 Å². The van der Waals surface area contributed by atoms with E-state index in [2.05, 4.69) is 23.1 Å². The Hall–Kier alpha value is -3.22. The molecule has 2 aromatic heterocycles. The number of nitrogens with one attached hydrogen (secondary N) is 2. The number of aromatic amines is 2. The van der Waals surface area contributed by atoms with Crippen molar-refractivity contribution in [2.45, 2.75) is 12.1 Å². The van der Waals surface area contributed by atoms with Crippen molar-refractivity contribution in [1.82, 2.24) is 9.97 Å². The molecule has 4 aromatic rings. The summed E-state index contributed by atoms with van der Waals surface area (Å²) >= 11 is 0. The second-order valence-corrected chi connectivity index (χ2v) is 6.39. The molecule has 2 atom stereocenters. The highest BCUT2D eigenvalue weighted by Gasteiger charge is 2.09. The maximum Gasteiger partial charge on any atom is 0.123 e. The van der Waals surface area contributed by atoms with Crippen LogP contribution in [0.15, 0.2) is 74.1 Å². The highest BCUT2D eigenvalue weighted by molar-refractivity contribution is 5.84. The molecule has 0 fully saturated rings. The van der Waals surface area contributed by atoms with Crippen molar-refractivity contribution in [2.75, 3.05) is 0 Å². The second-order valence-electron chi connectivity index (χ2n) is 6.39. The van der Waals surface area contributed by atoms with Crippen LogP contribution in [0.4, 0.5) is 8.78 Å². The van der Waals surface area contributed by atoms with Gasteiger partial charge in [0.25, 0.3) is 0 Å². The molecule has 0 saturated heterocycles. The van der Waals surface area contributed by atoms with E-state index in [9.17, 15) is 8.78 Å². The minimum absolute atomic E-state index is 0.255. The third-order valence-corrected chi connectivity index (χ3v) is 4.58. The van der Waals surface area contributed by atoms with Crippen LogP contribution < -0.4 is 11.5 Å². The number of aromatic nitrogens is 2. The lowest BCUT2D eigenvalue weighted by Crippen LogP contribution is -2.05. The third-order valence-electron chi connectivity index (χ3n) is 4.58. The van der Waals surface area contributed by atoms with Gasteiger partial charge in [-0.15, -0.1) is 13.2 Å². The summed E-state index contributed by atoms with van der Waals surface area (Å²) in [5.74, 6) is -0.510. The van der Waals surface area contributed by atoms with Gasteiger partial charge in [0.15, 0.2) is 0 Å². The van der Waals surface area contributed by atoms with Crippen LogP contribution in [0.25, 0.3) is 21.8 Å². The number of H-pyrrole nitrogens is 2. The summed E-state index contributed by atoms with van der Waals surface area (Å²) in [5, 5.41) is 1.63. The molecule has 4 rings (SSSR count). The van der Waals surface area contributed by atoms with Crippen molar-refractivity contribution in [2.24, 2.45) is 11.5 Å². The standard InChI is InChI=1S/2C11H11FN2/c2*1-2-10(13)9-6-14-11-4-3-7(12)5-8(9)11/h2*2-6,10,14H,1,13H2. The predicted molar refractivity (Wildman–Crippen MR) is 111 cm³/mol. The van der Waals surface area contributed by atoms with E-state index in [1.165, 1.54) is 24.3 Å². The summed E-state index contributed by atoms with van der Waals surface area (Å²) in [6.07, 6.45) is 6.84. The van der Waals surface area contributed by atoms with Crippen LogP contribution in [-0.2, 0) is 0 Å². The van der Waals surface area contributed by atoms with E-state index >= 15 is 0 Å². The first-order chi connectivity index (χ1) is 13.4. The van der Waals surface area contributed by atoms with Gasteiger partial charge < -0.3 is 21.4 Å². The van der Waals surface area contributed by atoms with Crippen LogP contribution in [0.3, 0.4) is 0 Å². The summed E-state index contributed by atoms with van der Waals surface area (Å²) in [6, 6.07) is 8.67. The quantitative estimate of drug-likeness (QED) is 0.376. The van der Waals surface area contributed by atoms with Gasteiger partial charge in [-0.3, -0.25) is 0 Å². The van der Waals surface area contributed by atoms with Crippen molar-refractivity contribution < 1.29 is 8.78 Å². The first kappa shape index (κ1) is 19.5. The fourth-order valence-corrected chi connectivity index (χ4v) is 3.03. The monoisotopic (exact) mass is 380 g/mol. The Morgan fingerprint density at radius 3 is 1.50 bits per heavy atom. The second kappa shape index (κ2) is 8.21. The summed E-state index contributed by atoms with van der Waals surface area (Å²) in [7, 11) is 0. The summed E-state index contributed by atoms with van der Waals surface area (Å²) in [5.41, 5.74) is 15.1. The average molecular weight is 380 g/mol. The molecule has 6 heteroatoms. The van der Waals surface area contributed by atoms with Gasteiger partial charge in [-0.25, -0.2) is 8.78 Å². The minimum Gasteiger partial charge on any atom is -0.361 e. The van der Waals surface area contributed by atoms with E-state index in [0.717, 1.165) is 32.9 Å². The van der Waals surface area contributed by atoms with Gasteiger partial charge in [-0.2, -0.15) is 0 Å². The normalized spacial score (nSPS) is 13.0. The molecule has 0 radical (unpaired) electrons. The van der Waals surface area contributed by atoms with Gasteiger partial charge in [-0.1, -0.05) is 12.2 Å². The molecule has 144 valence electrons. The van der Waals surface area contributed by atoms with E-state index in [-0.39, 0.29) is 23.7 Å². The Labute approximate surface area is 161 Å². The Bertz CT molecular complexity index is 1040. The van der Waals surface area contributed by atoms with Crippen LogP contribution >= 0.6 is 0 Å². The molecule has 0 saturated carbocycles. The van der Waals surface area contributed by atoms with Gasteiger partial charge in [0.2, 0.25) is 0 Å². The lowest BCUT2D eigenvalue weighted by Gasteiger charge is -2.03. The smallest absolute Gasteiger partial charge is 0.123 e. The molecule has 0 aliphatic heterocycles. The molecule has 0 bridgehead atoms. The largest absolute Gasteiger partial charge is 0.361 e. The highest BCUT2D eigenvalue weighted by atomic mass is 19.1. The number of hydrogen-bond acceptors (Lipinski definition) is 2. The zero-order valence-electron chi connectivity index (χ0n) is 15.3. The van der Waals surface area contributed by atoms with E-state index in [1.807, 2.05) is 0 Å². The van der Waals surface area contributed by atoms with Gasteiger partial charge in [0.1, 0.15) is 11.6 Å². The molecule has 2 aromatic carbocycles. The molecular weight excluding hydrogens is 358 g/mol. The van der Waals surface area contributed by atoms with Crippen LogP contribution in [-0.4, -0.2) is 9.97 Å². The van der Waals surface area contributed by atoms with Gasteiger partial charge in [0, 0.05) is 46.3 Å². The third kappa shape index (κ3) is 3.88. The van der Waals surface area contributed by atoms with Crippen molar-refractivity contribution in [3.05, 3.63) is 96.9 Å². The molecule has 6 N–H and O–H groups in total. The van der Waals surface area contributed by atoms with Gasteiger partial charge >= 0.3 is 0 Å². The van der Waals surface area contributed by atoms with Gasteiger partial charge in [-0.05, 0) is 47.5 Å². The molecule has 0 aliphatic carbocycles. The fourth-order valence-electron chi connectivity index (χ4n) is 3.03. The number of fused-ring (bicyclic) bond motifs is 2.